The van der Waals surface area contributed by atoms with Crippen LogP contribution in [0.4, 0.5) is 18.9 Å². The van der Waals surface area contributed by atoms with Crippen molar-refractivity contribution in [1.82, 2.24) is 14.3 Å². The Bertz CT molecular complexity index is 1990. The molecule has 0 spiro atoms. The van der Waals surface area contributed by atoms with Crippen molar-refractivity contribution in [3.8, 4) is 28.1 Å². The van der Waals surface area contributed by atoms with Crippen LogP contribution >= 0.6 is 23.2 Å². The molecule has 13 heteroatoms. The Labute approximate surface area is 260 Å². The monoisotopic (exact) mass is 656 g/mol. The third-order valence-corrected chi connectivity index (χ3v) is 8.81. The first-order chi connectivity index (χ1) is 20.9. The van der Waals surface area contributed by atoms with Gasteiger partial charge in [0.05, 0.1) is 28.2 Å². The lowest BCUT2D eigenvalue weighted by molar-refractivity contribution is -0.137. The lowest BCUT2D eigenvalue weighted by Crippen LogP contribution is -2.29. The molecule has 4 aromatic carbocycles. The van der Waals surface area contributed by atoms with Crippen LogP contribution in [0.1, 0.15) is 17.0 Å². The fraction of sp³-hybridized carbons (Fsp3) is 0.0645. The summed E-state index contributed by atoms with van der Waals surface area (Å²) in [5.41, 5.74) is 3.87. The van der Waals surface area contributed by atoms with E-state index in [1.807, 2.05) is 39.8 Å². The molecular weight excluding hydrogens is 636 g/mol. The zero-order valence-corrected chi connectivity index (χ0v) is 24.8. The highest BCUT2D eigenvalue weighted by molar-refractivity contribution is 7.91. The summed E-state index contributed by atoms with van der Waals surface area (Å²) in [6, 6.07) is 24.2. The van der Waals surface area contributed by atoms with Gasteiger partial charge in [0.15, 0.2) is 0 Å². The third kappa shape index (κ3) is 5.99. The van der Waals surface area contributed by atoms with Gasteiger partial charge in [-0.1, -0.05) is 59.6 Å². The maximum atomic E-state index is 13.0. The molecule has 0 saturated carbocycles. The molecule has 0 unspecified atom stereocenters. The highest BCUT2D eigenvalue weighted by Crippen LogP contribution is 2.33. The van der Waals surface area contributed by atoms with Crippen molar-refractivity contribution in [1.29, 1.82) is 0 Å². The van der Waals surface area contributed by atoms with Gasteiger partial charge in [-0.05, 0) is 71.3 Å². The van der Waals surface area contributed by atoms with Crippen molar-refractivity contribution in [3.05, 3.63) is 136 Å². The van der Waals surface area contributed by atoms with Gasteiger partial charge in [-0.2, -0.15) is 21.6 Å². The second-order valence-electron chi connectivity index (χ2n) is 9.92. The number of hydrogen-bond acceptors (Lipinski definition) is 4. The van der Waals surface area contributed by atoms with Crippen LogP contribution in [0.15, 0.2) is 109 Å². The van der Waals surface area contributed by atoms with Gasteiger partial charge in [-0.3, -0.25) is 0 Å². The molecule has 0 fully saturated rings. The molecule has 5 aromatic rings. The standard InChI is InChI=1S/C31H21Cl2F3N4O3S/c32-23-9-14-26(27(33)16-23)28-17-39(24-10-12-25(13-11-24)40-18-30(41)38-44(40,42)43)29(37-28)15-19-1-3-20(4-2-19)21-5-7-22(8-6-21)31(34,35)36/h1-14,16-18,38,41H,15H2. The summed E-state index contributed by atoms with van der Waals surface area (Å²) in [4.78, 5) is 4.86. The molecule has 0 aliphatic carbocycles. The topological polar surface area (TPSA) is 87.5 Å². The van der Waals surface area contributed by atoms with E-state index in [2.05, 4.69) is 0 Å². The average Bonchev–Trinajstić information content (AvgIpc) is 3.51. The molecule has 1 aliphatic heterocycles. The Hall–Kier alpha value is -4.45. The van der Waals surface area contributed by atoms with Crippen molar-refractivity contribution < 1.29 is 26.7 Å². The van der Waals surface area contributed by atoms with Gasteiger partial charge in [0.25, 0.3) is 0 Å². The second-order valence-corrected chi connectivity index (χ2v) is 12.3. The molecular formula is C31H21Cl2F3N4O3S. The van der Waals surface area contributed by atoms with Gasteiger partial charge in [0.1, 0.15) is 5.82 Å². The van der Waals surface area contributed by atoms with E-state index in [0.29, 0.717) is 50.5 Å². The number of nitrogens with zero attached hydrogens (tertiary/aromatic N) is 3. The first-order valence-corrected chi connectivity index (χ1v) is 15.2. The third-order valence-electron chi connectivity index (χ3n) is 6.96. The molecule has 2 heterocycles. The number of aromatic nitrogens is 2. The number of alkyl halides is 3. The predicted molar refractivity (Wildman–Crippen MR) is 164 cm³/mol. The SMILES string of the molecule is O=S1(=O)NC(O)=CN1c1ccc(-n2cc(-c3ccc(Cl)cc3Cl)nc2Cc2ccc(-c3ccc(C(F)(F)F)cc3)cc2)cc1. The Morgan fingerprint density at radius 3 is 2.02 bits per heavy atom. The van der Waals surface area contributed by atoms with Gasteiger partial charge >= 0.3 is 16.4 Å². The average molecular weight is 658 g/mol. The maximum Gasteiger partial charge on any atom is 0.416 e. The van der Waals surface area contributed by atoms with Crippen molar-refractivity contribution in [2.75, 3.05) is 4.31 Å². The summed E-state index contributed by atoms with van der Waals surface area (Å²) < 4.78 is 68.3. The molecule has 44 heavy (non-hydrogen) atoms. The fourth-order valence-electron chi connectivity index (χ4n) is 4.80. The van der Waals surface area contributed by atoms with Crippen LogP contribution in [0.25, 0.3) is 28.1 Å². The van der Waals surface area contributed by atoms with Crippen molar-refractivity contribution >= 4 is 39.1 Å². The minimum atomic E-state index is -4.40. The van der Waals surface area contributed by atoms with Crippen LogP contribution in [-0.2, 0) is 22.8 Å². The van der Waals surface area contributed by atoms with Crippen LogP contribution < -0.4 is 9.03 Å². The number of nitrogens with one attached hydrogen (secondary N) is 1. The van der Waals surface area contributed by atoms with Crippen LogP contribution in [0.3, 0.4) is 0 Å². The van der Waals surface area contributed by atoms with E-state index in [9.17, 15) is 26.7 Å². The van der Waals surface area contributed by atoms with E-state index < -0.39 is 27.8 Å². The van der Waals surface area contributed by atoms with Gasteiger partial charge in [-0.15, -0.1) is 0 Å². The number of hydrogen-bond donors (Lipinski definition) is 2. The Kier molecular flexibility index (Phi) is 7.56. The maximum absolute atomic E-state index is 13.0. The Morgan fingerprint density at radius 2 is 1.45 bits per heavy atom. The van der Waals surface area contributed by atoms with Gasteiger partial charge in [0, 0.05) is 28.9 Å². The first kappa shape index (κ1) is 29.6. The minimum absolute atomic E-state index is 0.312. The number of halogens is 5. The van der Waals surface area contributed by atoms with Crippen LogP contribution in [0.2, 0.25) is 10.0 Å². The van der Waals surface area contributed by atoms with Crippen molar-refractivity contribution in [2.45, 2.75) is 12.6 Å². The van der Waals surface area contributed by atoms with E-state index >= 15 is 0 Å². The number of rotatable bonds is 6. The number of aliphatic hydroxyl groups is 1. The minimum Gasteiger partial charge on any atom is -0.493 e. The summed E-state index contributed by atoms with van der Waals surface area (Å²) in [5, 5.41) is 10.5. The largest absolute Gasteiger partial charge is 0.493 e. The van der Waals surface area contributed by atoms with E-state index in [1.54, 1.807) is 42.5 Å². The fourth-order valence-corrected chi connectivity index (χ4v) is 6.36. The van der Waals surface area contributed by atoms with E-state index in [0.717, 1.165) is 33.8 Å². The quantitative estimate of drug-likeness (QED) is 0.193. The molecule has 0 radical (unpaired) electrons. The number of aliphatic hydroxyl groups excluding tert-OH is 1. The summed E-state index contributed by atoms with van der Waals surface area (Å²) in [7, 11) is -3.94. The van der Waals surface area contributed by atoms with Crippen molar-refractivity contribution in [2.24, 2.45) is 0 Å². The molecule has 0 saturated heterocycles. The summed E-state index contributed by atoms with van der Waals surface area (Å²) in [6.07, 6.45) is -1.12. The number of benzene rings is 4. The highest BCUT2D eigenvalue weighted by atomic mass is 35.5. The molecule has 0 amide bonds. The molecule has 1 aromatic heterocycles. The summed E-state index contributed by atoms with van der Waals surface area (Å²) in [6.45, 7) is 0. The Morgan fingerprint density at radius 1 is 0.841 bits per heavy atom. The van der Waals surface area contributed by atoms with Crippen LogP contribution in [0, 0.1) is 0 Å². The predicted octanol–water partition coefficient (Wildman–Crippen LogP) is 8.13. The second kappa shape index (κ2) is 11.2. The summed E-state index contributed by atoms with van der Waals surface area (Å²) in [5.74, 6) is 0.161. The van der Waals surface area contributed by atoms with Crippen LogP contribution in [-0.4, -0.2) is 23.1 Å². The zero-order chi connectivity index (χ0) is 31.2. The highest BCUT2D eigenvalue weighted by Gasteiger charge is 2.30. The van der Waals surface area contributed by atoms with Gasteiger partial charge in [-0.25, -0.2) is 14.0 Å². The summed E-state index contributed by atoms with van der Waals surface area (Å²) >= 11 is 12.6. The lowest BCUT2D eigenvalue weighted by atomic mass is 10.0. The lowest BCUT2D eigenvalue weighted by Gasteiger charge is -2.15. The van der Waals surface area contributed by atoms with Gasteiger partial charge < -0.3 is 9.67 Å². The molecule has 7 nitrogen and oxygen atoms in total. The smallest absolute Gasteiger partial charge is 0.416 e. The molecule has 6 rings (SSSR count). The normalized spacial score (nSPS) is 14.4. The van der Waals surface area contributed by atoms with E-state index in [4.69, 9.17) is 28.2 Å². The zero-order valence-electron chi connectivity index (χ0n) is 22.4. The molecule has 224 valence electrons. The molecule has 0 bridgehead atoms. The Balaban J connectivity index is 1.33. The molecule has 0 atom stereocenters. The van der Waals surface area contributed by atoms with Crippen molar-refractivity contribution in [3.63, 3.8) is 0 Å². The number of anilines is 1. The molecule has 1 aliphatic rings. The van der Waals surface area contributed by atoms with E-state index in [1.165, 1.54) is 12.1 Å². The van der Waals surface area contributed by atoms with E-state index in [-0.39, 0.29) is 0 Å². The molecule has 2 N–H and O–H groups in total. The first-order valence-electron chi connectivity index (χ1n) is 13.0. The van der Waals surface area contributed by atoms with Crippen LogP contribution in [0.5, 0.6) is 0 Å². The number of imidazole rings is 1. The van der Waals surface area contributed by atoms with Gasteiger partial charge in [0.2, 0.25) is 5.88 Å².